The fourth-order valence-electron chi connectivity index (χ4n) is 0.478. The molecule has 0 fully saturated rings. The Kier molecular flexibility index (Phi) is 1.48. The maximum absolute atomic E-state index is 10.4. The molecule has 0 N–H and O–H groups in total. The van der Waals surface area contributed by atoms with Gasteiger partial charge in [0, 0.05) is 11.2 Å². The average molecular weight is 126 g/mol. The normalized spacial score (nSPS) is 9.00. The molecule has 4 heteroatoms. The molecule has 48 valence electrons. The summed E-state index contributed by atoms with van der Waals surface area (Å²) in [4.78, 5) is 0.443. The Morgan fingerprint density at radius 3 is 3.00 bits per heavy atom. The third kappa shape index (κ3) is 1.28. The van der Waals surface area contributed by atoms with Crippen LogP contribution in [0.4, 0.5) is 0 Å². The van der Waals surface area contributed by atoms with Crippen molar-refractivity contribution in [2.24, 2.45) is 0 Å². The van der Waals surface area contributed by atoms with E-state index < -0.39 is 0 Å². The van der Waals surface area contributed by atoms with Crippen molar-refractivity contribution >= 4 is 0 Å². The van der Waals surface area contributed by atoms with Crippen LogP contribution in [0.15, 0.2) is 18.5 Å². The summed E-state index contributed by atoms with van der Waals surface area (Å²) in [5, 5.41) is 13.7. The van der Waals surface area contributed by atoms with E-state index in [4.69, 9.17) is 4.74 Å². The summed E-state index contributed by atoms with van der Waals surface area (Å²) < 4.78 is 4.73. The highest BCUT2D eigenvalue weighted by Crippen LogP contribution is 2.00. The van der Waals surface area contributed by atoms with E-state index in [-0.39, 0.29) is 0 Å². The van der Waals surface area contributed by atoms with Gasteiger partial charge < -0.3 is 9.94 Å². The molecule has 0 spiro atoms. The van der Waals surface area contributed by atoms with Gasteiger partial charge in [0.2, 0.25) is 0 Å². The standard InChI is InChI=1S/C5H6N2O2/c1-9-5-2-3-6-7(8)4-5/h2-4H,1H3. The fraction of sp³-hybridized carbons (Fsp3) is 0.200. The van der Waals surface area contributed by atoms with Gasteiger partial charge in [0.1, 0.15) is 0 Å². The predicted molar refractivity (Wildman–Crippen MR) is 29.7 cm³/mol. The molecule has 1 aromatic heterocycles. The SMILES string of the molecule is COc1ccn[n+]([O-])c1. The molecule has 1 heterocycles. The zero-order valence-corrected chi connectivity index (χ0v) is 4.94. The lowest BCUT2D eigenvalue weighted by molar-refractivity contribution is -0.669. The molecule has 0 aliphatic rings. The zero-order chi connectivity index (χ0) is 6.69. The van der Waals surface area contributed by atoms with Gasteiger partial charge in [-0.1, -0.05) is 4.85 Å². The Bertz CT molecular complexity index is 202. The maximum Gasteiger partial charge on any atom is 0.251 e. The Balaban J connectivity index is 2.94. The van der Waals surface area contributed by atoms with Gasteiger partial charge in [0.25, 0.3) is 6.20 Å². The van der Waals surface area contributed by atoms with E-state index in [9.17, 15) is 5.21 Å². The molecule has 0 radical (unpaired) electrons. The van der Waals surface area contributed by atoms with Crippen molar-refractivity contribution in [2.75, 3.05) is 7.11 Å². The first-order valence-corrected chi connectivity index (χ1v) is 2.42. The topological polar surface area (TPSA) is 49.1 Å². The third-order valence-corrected chi connectivity index (χ3v) is 0.893. The number of ether oxygens (including phenoxy) is 1. The molecule has 9 heavy (non-hydrogen) atoms. The molecule has 0 bridgehead atoms. The summed E-state index contributed by atoms with van der Waals surface area (Å²) in [6, 6.07) is 1.61. The minimum Gasteiger partial charge on any atom is -0.594 e. The van der Waals surface area contributed by atoms with Crippen LogP contribution >= 0.6 is 0 Å². The van der Waals surface area contributed by atoms with Gasteiger partial charge in [-0.3, -0.25) is 0 Å². The van der Waals surface area contributed by atoms with Gasteiger partial charge in [0.15, 0.2) is 5.75 Å². The van der Waals surface area contributed by atoms with E-state index in [1.54, 1.807) is 6.07 Å². The van der Waals surface area contributed by atoms with E-state index >= 15 is 0 Å². The Morgan fingerprint density at radius 2 is 2.56 bits per heavy atom. The highest BCUT2D eigenvalue weighted by atomic mass is 16.5. The second-order valence-electron chi connectivity index (χ2n) is 1.47. The second-order valence-corrected chi connectivity index (χ2v) is 1.47. The number of methoxy groups -OCH3 is 1. The van der Waals surface area contributed by atoms with E-state index in [2.05, 4.69) is 5.10 Å². The molecular formula is C5H6N2O2. The number of aromatic nitrogens is 2. The largest absolute Gasteiger partial charge is 0.594 e. The Labute approximate surface area is 52.3 Å². The van der Waals surface area contributed by atoms with Crippen LogP contribution in [-0.2, 0) is 0 Å². The molecule has 1 rings (SSSR count). The minimum absolute atomic E-state index is 0.443. The molecule has 0 amide bonds. The molecule has 1 aromatic rings. The lowest BCUT2D eigenvalue weighted by Gasteiger charge is -1.94. The Morgan fingerprint density at radius 1 is 1.78 bits per heavy atom. The van der Waals surface area contributed by atoms with E-state index in [0.717, 1.165) is 0 Å². The van der Waals surface area contributed by atoms with E-state index in [1.165, 1.54) is 19.5 Å². The number of nitrogens with zero attached hydrogens (tertiary/aromatic N) is 2. The quantitative estimate of drug-likeness (QED) is 0.384. The Hall–Kier alpha value is -1.32. The fourth-order valence-corrected chi connectivity index (χ4v) is 0.478. The molecule has 0 aliphatic heterocycles. The van der Waals surface area contributed by atoms with Crippen LogP contribution < -0.4 is 9.58 Å². The van der Waals surface area contributed by atoms with Crippen LogP contribution in [0.2, 0.25) is 0 Å². The van der Waals surface area contributed by atoms with Crippen LogP contribution in [0, 0.1) is 5.21 Å². The highest BCUT2D eigenvalue weighted by Gasteiger charge is 1.93. The van der Waals surface area contributed by atoms with Crippen molar-refractivity contribution in [3.8, 4) is 5.75 Å². The number of rotatable bonds is 1. The van der Waals surface area contributed by atoms with Crippen molar-refractivity contribution in [3.63, 3.8) is 0 Å². The van der Waals surface area contributed by atoms with Crippen molar-refractivity contribution in [2.45, 2.75) is 0 Å². The van der Waals surface area contributed by atoms with Crippen molar-refractivity contribution in [3.05, 3.63) is 23.7 Å². The maximum atomic E-state index is 10.4. The first kappa shape index (κ1) is 5.81. The lowest BCUT2D eigenvalue weighted by atomic mass is 10.5. The van der Waals surface area contributed by atoms with Gasteiger partial charge in [-0.05, 0) is 0 Å². The highest BCUT2D eigenvalue weighted by molar-refractivity contribution is 5.09. The first-order valence-electron chi connectivity index (χ1n) is 2.42. The first-order chi connectivity index (χ1) is 4.33. The monoisotopic (exact) mass is 126 g/mol. The zero-order valence-electron chi connectivity index (χ0n) is 4.94. The lowest BCUT2D eigenvalue weighted by Crippen LogP contribution is -2.29. The average Bonchev–Trinajstić information content (AvgIpc) is 1.88. The van der Waals surface area contributed by atoms with E-state index in [0.29, 0.717) is 10.6 Å². The second kappa shape index (κ2) is 2.30. The van der Waals surface area contributed by atoms with E-state index in [1.807, 2.05) is 0 Å². The van der Waals surface area contributed by atoms with Gasteiger partial charge in [-0.2, -0.15) is 0 Å². The molecule has 4 nitrogen and oxygen atoms in total. The summed E-state index contributed by atoms with van der Waals surface area (Å²) in [5.41, 5.74) is 0. The summed E-state index contributed by atoms with van der Waals surface area (Å²) in [5.74, 6) is 0.514. The van der Waals surface area contributed by atoms with Crippen LogP contribution in [0.3, 0.4) is 0 Å². The molecule has 0 unspecified atom stereocenters. The minimum atomic E-state index is 0.443. The van der Waals surface area contributed by atoms with Gasteiger partial charge in [-0.25, -0.2) is 0 Å². The molecule has 0 aromatic carbocycles. The van der Waals surface area contributed by atoms with Crippen molar-refractivity contribution in [1.82, 2.24) is 5.10 Å². The third-order valence-electron chi connectivity index (χ3n) is 0.893. The predicted octanol–water partition coefficient (Wildman–Crippen LogP) is -0.276. The summed E-state index contributed by atoms with van der Waals surface area (Å²) in [6.45, 7) is 0. The van der Waals surface area contributed by atoms with Crippen LogP contribution in [0.25, 0.3) is 0 Å². The summed E-state index contributed by atoms with van der Waals surface area (Å²) >= 11 is 0. The summed E-state index contributed by atoms with van der Waals surface area (Å²) in [7, 11) is 1.50. The molecule has 0 atom stereocenters. The van der Waals surface area contributed by atoms with Gasteiger partial charge in [-0.15, -0.1) is 0 Å². The smallest absolute Gasteiger partial charge is 0.251 e. The molecule has 0 aliphatic carbocycles. The van der Waals surface area contributed by atoms with Crippen molar-refractivity contribution < 1.29 is 9.58 Å². The van der Waals surface area contributed by atoms with Crippen LogP contribution in [0.5, 0.6) is 5.75 Å². The van der Waals surface area contributed by atoms with Crippen molar-refractivity contribution in [1.29, 1.82) is 0 Å². The number of hydrogen-bond acceptors (Lipinski definition) is 3. The summed E-state index contributed by atoms with van der Waals surface area (Å²) in [6.07, 6.45) is 2.63. The van der Waals surface area contributed by atoms with Crippen LogP contribution in [-0.4, -0.2) is 12.2 Å². The van der Waals surface area contributed by atoms with Gasteiger partial charge >= 0.3 is 0 Å². The molecule has 0 saturated heterocycles. The molecular weight excluding hydrogens is 120 g/mol. The molecule has 0 saturated carbocycles. The number of hydrogen-bond donors (Lipinski definition) is 0. The van der Waals surface area contributed by atoms with Crippen LogP contribution in [0.1, 0.15) is 0 Å². The van der Waals surface area contributed by atoms with Gasteiger partial charge in [0.05, 0.1) is 13.3 Å².